The number of unbranched alkanes of at least 4 members (excludes halogenated alkanes) is 1. The molecule has 18 heavy (non-hydrogen) atoms. The van der Waals surface area contributed by atoms with Crippen LogP contribution in [0.25, 0.3) is 0 Å². The van der Waals surface area contributed by atoms with Gasteiger partial charge < -0.3 is 25.6 Å². The number of aliphatic hydroxyl groups is 1. The number of hydrogen-bond donors (Lipinski definition) is 3. The van der Waals surface area contributed by atoms with E-state index in [0.29, 0.717) is 26.3 Å². The molecule has 0 heterocycles. The maximum Gasteiger partial charge on any atom is 0.218 e. The van der Waals surface area contributed by atoms with E-state index >= 15 is 0 Å². The van der Waals surface area contributed by atoms with Crippen molar-refractivity contribution in [2.24, 2.45) is 5.73 Å². The van der Waals surface area contributed by atoms with Gasteiger partial charge in [0.2, 0.25) is 5.91 Å². The number of amides is 1. The predicted octanol–water partition coefficient (Wildman–Crippen LogP) is -0.354. The number of nitrogens with two attached hydrogens (primary N) is 1. The number of carbonyl (C=O) groups excluding carboxylic acids is 1. The highest BCUT2D eigenvalue weighted by molar-refractivity contribution is 5.73. The van der Waals surface area contributed by atoms with E-state index < -0.39 is 6.10 Å². The Balaban J connectivity index is 3.16. The summed E-state index contributed by atoms with van der Waals surface area (Å²) in [6.07, 6.45) is 1.88. The minimum Gasteiger partial charge on any atom is -0.389 e. The summed E-state index contributed by atoms with van der Waals surface area (Å²) in [5.41, 5.74) is 4.98. The van der Waals surface area contributed by atoms with Crippen molar-refractivity contribution >= 4 is 5.91 Å². The van der Waals surface area contributed by atoms with E-state index in [1.54, 1.807) is 0 Å². The third-order valence-electron chi connectivity index (χ3n) is 2.25. The van der Waals surface area contributed by atoms with Crippen molar-refractivity contribution < 1.29 is 19.4 Å². The lowest BCUT2D eigenvalue weighted by Gasteiger charge is -2.12. The zero-order valence-corrected chi connectivity index (χ0v) is 11.2. The number of nitrogens with one attached hydrogen (secondary N) is 1. The molecule has 0 aliphatic heterocycles. The van der Waals surface area contributed by atoms with E-state index in [4.69, 9.17) is 15.2 Å². The molecule has 0 saturated carbocycles. The van der Waals surface area contributed by atoms with Gasteiger partial charge in [-0.15, -0.1) is 0 Å². The Bertz CT molecular complexity index is 203. The van der Waals surface area contributed by atoms with Crippen LogP contribution in [0.3, 0.4) is 0 Å². The molecule has 4 N–H and O–H groups in total. The first-order valence-corrected chi connectivity index (χ1v) is 6.49. The molecular weight excluding hydrogens is 236 g/mol. The van der Waals surface area contributed by atoms with Gasteiger partial charge in [0.05, 0.1) is 25.9 Å². The highest BCUT2D eigenvalue weighted by Gasteiger charge is 2.03. The monoisotopic (exact) mass is 262 g/mol. The normalized spacial score (nSPS) is 12.6. The zero-order valence-electron chi connectivity index (χ0n) is 11.2. The Kier molecular flexibility index (Phi) is 12.3. The second kappa shape index (κ2) is 12.8. The van der Waals surface area contributed by atoms with Gasteiger partial charge in [0.1, 0.15) is 0 Å². The van der Waals surface area contributed by atoms with Crippen molar-refractivity contribution in [1.82, 2.24) is 5.32 Å². The van der Waals surface area contributed by atoms with Crippen LogP contribution in [0.1, 0.15) is 26.2 Å². The molecule has 0 aromatic heterocycles. The molecule has 1 atom stereocenters. The van der Waals surface area contributed by atoms with Gasteiger partial charge in [0.25, 0.3) is 0 Å². The van der Waals surface area contributed by atoms with Crippen molar-refractivity contribution in [2.45, 2.75) is 32.3 Å². The Labute approximate surface area is 109 Å². The zero-order chi connectivity index (χ0) is 13.6. The van der Waals surface area contributed by atoms with Gasteiger partial charge in [0.15, 0.2) is 0 Å². The molecule has 1 amide bonds. The van der Waals surface area contributed by atoms with Crippen LogP contribution < -0.4 is 11.1 Å². The summed E-state index contributed by atoms with van der Waals surface area (Å²) >= 11 is 0. The van der Waals surface area contributed by atoms with Crippen LogP contribution in [0.2, 0.25) is 0 Å². The highest BCUT2D eigenvalue weighted by atomic mass is 16.5. The van der Waals surface area contributed by atoms with Gasteiger partial charge in [-0.1, -0.05) is 13.3 Å². The quantitative estimate of drug-likeness (QED) is 0.394. The third-order valence-corrected chi connectivity index (χ3v) is 2.25. The molecule has 0 saturated heterocycles. The lowest BCUT2D eigenvalue weighted by atomic mass is 10.3. The molecule has 6 heteroatoms. The molecule has 0 fully saturated rings. The second-order valence-corrected chi connectivity index (χ2v) is 4.12. The molecule has 0 aliphatic rings. The summed E-state index contributed by atoms with van der Waals surface area (Å²) in [7, 11) is 0. The van der Waals surface area contributed by atoms with Crippen LogP contribution in [0.5, 0.6) is 0 Å². The average Bonchev–Trinajstić information content (AvgIpc) is 2.33. The third kappa shape index (κ3) is 13.4. The Morgan fingerprint density at radius 3 is 2.72 bits per heavy atom. The largest absolute Gasteiger partial charge is 0.389 e. The van der Waals surface area contributed by atoms with Crippen molar-refractivity contribution in [3.8, 4) is 0 Å². The smallest absolute Gasteiger partial charge is 0.218 e. The van der Waals surface area contributed by atoms with Crippen LogP contribution in [0, 0.1) is 0 Å². The first-order chi connectivity index (χ1) is 8.66. The minimum atomic E-state index is -0.575. The fourth-order valence-electron chi connectivity index (χ4n) is 1.22. The number of hydrogen-bond acceptors (Lipinski definition) is 5. The van der Waals surface area contributed by atoms with Gasteiger partial charge >= 0.3 is 0 Å². The lowest BCUT2D eigenvalue weighted by molar-refractivity contribution is -0.117. The summed E-state index contributed by atoms with van der Waals surface area (Å²) in [5, 5.41) is 12.4. The molecule has 1 unspecified atom stereocenters. The van der Waals surface area contributed by atoms with Crippen LogP contribution >= 0.6 is 0 Å². The lowest BCUT2D eigenvalue weighted by Crippen LogP contribution is -2.32. The summed E-state index contributed by atoms with van der Waals surface area (Å²) in [4.78, 5) is 10.4. The highest BCUT2D eigenvalue weighted by Crippen LogP contribution is 1.89. The molecule has 0 aromatic carbocycles. The van der Waals surface area contributed by atoms with Gasteiger partial charge in [-0.05, 0) is 6.42 Å². The fourth-order valence-corrected chi connectivity index (χ4v) is 1.22. The van der Waals surface area contributed by atoms with Gasteiger partial charge in [0, 0.05) is 26.1 Å². The minimum absolute atomic E-state index is 0.265. The number of rotatable bonds is 13. The first kappa shape index (κ1) is 17.3. The molecule has 0 radical (unpaired) electrons. The average molecular weight is 262 g/mol. The van der Waals surface area contributed by atoms with Gasteiger partial charge in [-0.25, -0.2) is 0 Å². The van der Waals surface area contributed by atoms with E-state index in [-0.39, 0.29) is 18.9 Å². The van der Waals surface area contributed by atoms with Crippen LogP contribution in [-0.2, 0) is 14.3 Å². The Morgan fingerprint density at radius 2 is 2.06 bits per heavy atom. The number of aliphatic hydroxyl groups excluding tert-OH is 1. The van der Waals surface area contributed by atoms with E-state index in [1.807, 2.05) is 0 Å². The Hall–Kier alpha value is -0.690. The number of primary amides is 1. The maximum atomic E-state index is 10.4. The topological polar surface area (TPSA) is 93.8 Å². The summed E-state index contributed by atoms with van der Waals surface area (Å²) in [5.74, 6) is -0.350. The van der Waals surface area contributed by atoms with Crippen molar-refractivity contribution in [1.29, 1.82) is 0 Å². The van der Waals surface area contributed by atoms with Gasteiger partial charge in [-0.3, -0.25) is 4.79 Å². The maximum absolute atomic E-state index is 10.4. The SMILES string of the molecule is CCCCOCCOCC(O)CNCCC(N)=O. The molecule has 0 spiro atoms. The first-order valence-electron chi connectivity index (χ1n) is 6.49. The van der Waals surface area contributed by atoms with E-state index in [2.05, 4.69) is 12.2 Å². The van der Waals surface area contributed by atoms with Crippen LogP contribution in [0.4, 0.5) is 0 Å². The molecule has 6 nitrogen and oxygen atoms in total. The van der Waals surface area contributed by atoms with Crippen LogP contribution in [0.15, 0.2) is 0 Å². The molecule has 0 bridgehead atoms. The second-order valence-electron chi connectivity index (χ2n) is 4.12. The number of carbonyl (C=O) groups is 1. The van der Waals surface area contributed by atoms with Crippen molar-refractivity contribution in [2.75, 3.05) is 39.5 Å². The van der Waals surface area contributed by atoms with E-state index in [9.17, 15) is 9.90 Å². The number of ether oxygens (including phenoxy) is 2. The standard InChI is InChI=1S/C12H26N2O4/c1-2-3-6-17-7-8-18-10-11(15)9-14-5-4-12(13)16/h11,14-15H,2-10H2,1H3,(H2,13,16). The molecule has 0 aromatic rings. The molecular formula is C12H26N2O4. The van der Waals surface area contributed by atoms with Gasteiger partial charge in [-0.2, -0.15) is 0 Å². The fraction of sp³-hybridized carbons (Fsp3) is 0.917. The summed E-state index contributed by atoms with van der Waals surface area (Å²) < 4.78 is 10.6. The van der Waals surface area contributed by atoms with E-state index in [0.717, 1.165) is 19.4 Å². The van der Waals surface area contributed by atoms with Crippen LogP contribution in [-0.4, -0.2) is 56.6 Å². The van der Waals surface area contributed by atoms with Crippen molar-refractivity contribution in [3.63, 3.8) is 0 Å². The van der Waals surface area contributed by atoms with E-state index in [1.165, 1.54) is 0 Å². The molecule has 108 valence electrons. The molecule has 0 rings (SSSR count). The summed E-state index contributed by atoms with van der Waals surface area (Å²) in [6.45, 7) is 5.06. The predicted molar refractivity (Wildman–Crippen MR) is 69.2 cm³/mol. The van der Waals surface area contributed by atoms with Crippen molar-refractivity contribution in [3.05, 3.63) is 0 Å². The molecule has 0 aliphatic carbocycles. The Morgan fingerprint density at radius 1 is 1.33 bits per heavy atom. The summed E-state index contributed by atoms with van der Waals surface area (Å²) in [6, 6.07) is 0.